The van der Waals surface area contributed by atoms with E-state index in [4.69, 9.17) is 0 Å². The third kappa shape index (κ3) is 2.54. The lowest BCUT2D eigenvalue weighted by Crippen LogP contribution is -2.26. The molecule has 0 fully saturated rings. The maximum Gasteiger partial charge on any atom is 0.311 e. The predicted octanol–water partition coefficient (Wildman–Crippen LogP) is 2.91. The van der Waals surface area contributed by atoms with Gasteiger partial charge in [0.2, 0.25) is 0 Å². The summed E-state index contributed by atoms with van der Waals surface area (Å²) in [6.45, 7) is 7.45. The lowest BCUT2D eigenvalue weighted by atomic mass is 9.76. The van der Waals surface area contributed by atoms with Gasteiger partial charge >= 0.3 is 5.97 Å². The molecular formula is C13H18O3. The number of aromatic hydroxyl groups is 1. The summed E-state index contributed by atoms with van der Waals surface area (Å²) >= 11 is 0. The first kappa shape index (κ1) is 12.6. The summed E-state index contributed by atoms with van der Waals surface area (Å²) in [4.78, 5) is 11.3. The van der Waals surface area contributed by atoms with Crippen LogP contribution in [0.15, 0.2) is 18.2 Å². The summed E-state index contributed by atoms with van der Waals surface area (Å²) in [6, 6.07) is 4.96. The molecule has 3 nitrogen and oxygen atoms in total. The Hall–Kier alpha value is -1.51. The van der Waals surface area contributed by atoms with Crippen molar-refractivity contribution >= 4 is 5.97 Å². The van der Waals surface area contributed by atoms with E-state index < -0.39 is 11.9 Å². The molecule has 0 spiro atoms. The molecule has 0 saturated carbocycles. The number of rotatable bonds is 2. The molecule has 0 aliphatic carbocycles. The molecule has 3 heteroatoms. The van der Waals surface area contributed by atoms with Crippen molar-refractivity contribution in [2.75, 3.05) is 0 Å². The second-order valence-electron chi connectivity index (χ2n) is 5.18. The highest BCUT2D eigenvalue weighted by molar-refractivity contribution is 5.77. The van der Waals surface area contributed by atoms with Crippen LogP contribution in [0.5, 0.6) is 5.75 Å². The zero-order valence-electron chi connectivity index (χ0n) is 10.1. The van der Waals surface area contributed by atoms with Crippen molar-refractivity contribution in [3.05, 3.63) is 29.3 Å². The fourth-order valence-electron chi connectivity index (χ4n) is 1.87. The molecule has 0 heterocycles. The number of benzene rings is 1. The summed E-state index contributed by atoms with van der Waals surface area (Å²) < 4.78 is 0. The molecule has 2 N–H and O–H groups in total. The molecule has 1 rings (SSSR count). The molecule has 0 bridgehead atoms. The number of carboxylic acid groups (broad SMARTS) is 1. The van der Waals surface area contributed by atoms with E-state index in [2.05, 4.69) is 0 Å². The van der Waals surface area contributed by atoms with E-state index in [1.807, 2.05) is 20.8 Å². The molecule has 0 saturated heterocycles. The molecule has 88 valence electrons. The smallest absolute Gasteiger partial charge is 0.311 e. The normalized spacial score (nSPS) is 13.5. The van der Waals surface area contributed by atoms with Gasteiger partial charge in [-0.25, -0.2) is 0 Å². The van der Waals surface area contributed by atoms with Gasteiger partial charge in [-0.05, 0) is 29.5 Å². The molecule has 0 aromatic heterocycles. The van der Waals surface area contributed by atoms with E-state index >= 15 is 0 Å². The monoisotopic (exact) mass is 222 g/mol. The van der Waals surface area contributed by atoms with Crippen molar-refractivity contribution in [1.82, 2.24) is 0 Å². The average Bonchev–Trinajstić information content (AvgIpc) is 2.08. The number of phenols is 1. The Morgan fingerprint density at radius 3 is 2.25 bits per heavy atom. The SMILES string of the molecule is Cc1cc(C(C(=O)O)C(C)(C)C)ccc1O. The van der Waals surface area contributed by atoms with E-state index in [1.54, 1.807) is 25.1 Å². The zero-order valence-corrected chi connectivity index (χ0v) is 10.1. The minimum absolute atomic E-state index is 0.196. The first-order chi connectivity index (χ1) is 7.23. The lowest BCUT2D eigenvalue weighted by molar-refractivity contribution is -0.141. The second kappa shape index (κ2) is 4.16. The number of carboxylic acids is 1. The molecule has 0 radical (unpaired) electrons. The van der Waals surface area contributed by atoms with E-state index in [-0.39, 0.29) is 11.2 Å². The van der Waals surface area contributed by atoms with Crippen LogP contribution in [0.2, 0.25) is 0 Å². The minimum Gasteiger partial charge on any atom is -0.508 e. The summed E-state index contributed by atoms with van der Waals surface area (Å²) in [5.74, 6) is -1.20. The van der Waals surface area contributed by atoms with E-state index in [0.29, 0.717) is 5.56 Å². The van der Waals surface area contributed by atoms with Gasteiger partial charge in [-0.2, -0.15) is 0 Å². The Balaban J connectivity index is 3.22. The van der Waals surface area contributed by atoms with Crippen LogP contribution < -0.4 is 0 Å². The van der Waals surface area contributed by atoms with Crippen LogP contribution in [0.3, 0.4) is 0 Å². The van der Waals surface area contributed by atoms with E-state index in [9.17, 15) is 15.0 Å². The van der Waals surface area contributed by atoms with Gasteiger partial charge < -0.3 is 10.2 Å². The van der Waals surface area contributed by atoms with Crippen LogP contribution in [0.25, 0.3) is 0 Å². The van der Waals surface area contributed by atoms with Gasteiger partial charge in [0.15, 0.2) is 0 Å². The van der Waals surface area contributed by atoms with Gasteiger partial charge in [-0.1, -0.05) is 32.9 Å². The van der Waals surface area contributed by atoms with Crippen LogP contribution in [-0.2, 0) is 4.79 Å². The number of hydrogen-bond donors (Lipinski definition) is 2. The highest BCUT2D eigenvalue weighted by Crippen LogP contribution is 2.36. The molecule has 0 aliphatic heterocycles. The largest absolute Gasteiger partial charge is 0.508 e. The molecule has 0 aliphatic rings. The van der Waals surface area contributed by atoms with Gasteiger partial charge in [0.25, 0.3) is 0 Å². The Morgan fingerprint density at radius 2 is 1.88 bits per heavy atom. The Kier molecular flexibility index (Phi) is 3.27. The maximum absolute atomic E-state index is 11.3. The number of phenolic OH excluding ortho intramolecular Hbond substituents is 1. The lowest BCUT2D eigenvalue weighted by Gasteiger charge is -2.27. The highest BCUT2D eigenvalue weighted by atomic mass is 16.4. The quantitative estimate of drug-likeness (QED) is 0.808. The maximum atomic E-state index is 11.3. The highest BCUT2D eigenvalue weighted by Gasteiger charge is 2.32. The Bertz CT molecular complexity index is 402. The van der Waals surface area contributed by atoms with Crippen molar-refractivity contribution in [1.29, 1.82) is 0 Å². The van der Waals surface area contributed by atoms with Gasteiger partial charge in [-0.3, -0.25) is 4.79 Å². The van der Waals surface area contributed by atoms with Crippen LogP contribution >= 0.6 is 0 Å². The molecule has 1 unspecified atom stereocenters. The molecule has 0 amide bonds. The molecule has 1 aromatic rings. The summed E-state index contributed by atoms with van der Waals surface area (Å²) in [5, 5.41) is 18.7. The molecule has 16 heavy (non-hydrogen) atoms. The van der Waals surface area contributed by atoms with Crippen molar-refractivity contribution < 1.29 is 15.0 Å². The number of aryl methyl sites for hydroxylation is 1. The van der Waals surface area contributed by atoms with E-state index in [1.165, 1.54) is 0 Å². The van der Waals surface area contributed by atoms with Crippen molar-refractivity contribution in [2.45, 2.75) is 33.6 Å². The standard InChI is InChI=1S/C13H18O3/c1-8-7-9(5-6-10(8)14)11(12(15)16)13(2,3)4/h5-7,11,14H,1-4H3,(H,15,16). The first-order valence-corrected chi connectivity index (χ1v) is 5.26. The number of carbonyl (C=O) groups is 1. The number of hydrogen-bond acceptors (Lipinski definition) is 2. The van der Waals surface area contributed by atoms with Crippen LogP contribution in [0.4, 0.5) is 0 Å². The van der Waals surface area contributed by atoms with E-state index in [0.717, 1.165) is 5.56 Å². The zero-order chi connectivity index (χ0) is 12.5. The van der Waals surface area contributed by atoms with Crippen LogP contribution in [0, 0.1) is 12.3 Å². The van der Waals surface area contributed by atoms with Gasteiger partial charge in [0.05, 0.1) is 5.92 Å². The topological polar surface area (TPSA) is 57.5 Å². The van der Waals surface area contributed by atoms with Gasteiger partial charge in [-0.15, -0.1) is 0 Å². The second-order valence-corrected chi connectivity index (χ2v) is 5.18. The predicted molar refractivity (Wildman–Crippen MR) is 62.7 cm³/mol. The summed E-state index contributed by atoms with van der Waals surface area (Å²) in [7, 11) is 0. The third-order valence-electron chi connectivity index (χ3n) is 2.67. The summed E-state index contributed by atoms with van der Waals surface area (Å²) in [6.07, 6.45) is 0. The minimum atomic E-state index is -0.836. The number of aliphatic carboxylic acids is 1. The van der Waals surface area contributed by atoms with Crippen molar-refractivity contribution in [3.8, 4) is 5.75 Å². The van der Waals surface area contributed by atoms with Crippen molar-refractivity contribution in [3.63, 3.8) is 0 Å². The average molecular weight is 222 g/mol. The van der Waals surface area contributed by atoms with Crippen molar-refractivity contribution in [2.24, 2.45) is 5.41 Å². The van der Waals surface area contributed by atoms with Gasteiger partial charge in [0, 0.05) is 0 Å². The molecular weight excluding hydrogens is 204 g/mol. The molecule has 1 atom stereocenters. The van der Waals surface area contributed by atoms with Gasteiger partial charge in [0.1, 0.15) is 5.75 Å². The Morgan fingerprint density at radius 1 is 1.31 bits per heavy atom. The fourth-order valence-corrected chi connectivity index (χ4v) is 1.87. The summed E-state index contributed by atoms with van der Waals surface area (Å²) in [5.41, 5.74) is 1.08. The molecule has 1 aromatic carbocycles. The third-order valence-corrected chi connectivity index (χ3v) is 2.67. The first-order valence-electron chi connectivity index (χ1n) is 5.26. The van der Waals surface area contributed by atoms with Crippen LogP contribution in [-0.4, -0.2) is 16.2 Å². The fraction of sp³-hybridized carbons (Fsp3) is 0.462. The Labute approximate surface area is 95.7 Å². The van der Waals surface area contributed by atoms with Crippen LogP contribution in [0.1, 0.15) is 37.8 Å².